The molecule has 0 aliphatic rings. The third-order valence-corrected chi connectivity index (χ3v) is 4.02. The lowest BCUT2D eigenvalue weighted by molar-refractivity contribution is 0.0698. The van der Waals surface area contributed by atoms with Crippen LogP contribution in [0.15, 0.2) is 53.6 Å². The molecule has 2 aromatic carbocycles. The zero-order valence-electron chi connectivity index (χ0n) is 13.6. The van der Waals surface area contributed by atoms with Gasteiger partial charge in [0, 0.05) is 0 Å². The monoisotopic (exact) mass is 372 g/mol. The number of aryl methyl sites for hydroxylation is 1. The Bertz CT molecular complexity index is 983. The largest absolute Gasteiger partial charge is 0.478 e. The van der Waals surface area contributed by atoms with Crippen molar-refractivity contribution in [1.29, 1.82) is 0 Å². The van der Waals surface area contributed by atoms with Crippen LogP contribution in [0.25, 0.3) is 5.69 Å². The minimum absolute atomic E-state index is 0.106. The van der Waals surface area contributed by atoms with E-state index in [4.69, 9.17) is 16.7 Å². The third-order valence-electron chi connectivity index (χ3n) is 3.66. The van der Waals surface area contributed by atoms with Gasteiger partial charge < -0.3 is 5.11 Å². The van der Waals surface area contributed by atoms with E-state index in [1.54, 1.807) is 37.3 Å². The summed E-state index contributed by atoms with van der Waals surface area (Å²) < 4.78 is 14.5. The first-order valence-electron chi connectivity index (χ1n) is 7.60. The molecule has 8 heteroatoms. The molecule has 0 aliphatic carbocycles. The van der Waals surface area contributed by atoms with Crippen molar-refractivity contribution in [2.24, 2.45) is 5.10 Å². The maximum atomic E-state index is 13.1. The van der Waals surface area contributed by atoms with Gasteiger partial charge in [-0.1, -0.05) is 23.7 Å². The summed E-state index contributed by atoms with van der Waals surface area (Å²) in [7, 11) is 0. The lowest BCUT2D eigenvalue weighted by atomic mass is 10.2. The second-order valence-electron chi connectivity index (χ2n) is 5.40. The number of carbonyl (C=O) groups is 1. The van der Waals surface area contributed by atoms with Gasteiger partial charge in [0.2, 0.25) is 0 Å². The Kier molecular flexibility index (Phi) is 4.99. The van der Waals surface area contributed by atoms with Gasteiger partial charge in [0.25, 0.3) is 0 Å². The number of carboxylic acids is 1. The summed E-state index contributed by atoms with van der Waals surface area (Å²) in [6, 6.07) is 12.2. The predicted octanol–water partition coefficient (Wildman–Crippen LogP) is 4.12. The minimum Gasteiger partial charge on any atom is -0.478 e. The number of hydrogen-bond acceptors (Lipinski definition) is 4. The molecule has 1 heterocycles. The Labute approximate surface area is 153 Å². The number of carboxylic acid groups (broad SMARTS) is 1. The lowest BCUT2D eigenvalue weighted by Crippen LogP contribution is -2.02. The van der Waals surface area contributed by atoms with Gasteiger partial charge in [-0.05, 0) is 43.3 Å². The molecule has 2 N–H and O–H groups in total. The molecule has 0 aliphatic heterocycles. The third kappa shape index (κ3) is 3.57. The summed E-state index contributed by atoms with van der Waals surface area (Å²) in [6.45, 7) is 1.76. The summed E-state index contributed by atoms with van der Waals surface area (Å²) in [5.74, 6) is -1.40. The van der Waals surface area contributed by atoms with Crippen molar-refractivity contribution >= 4 is 29.5 Å². The Hall–Kier alpha value is -3.19. The van der Waals surface area contributed by atoms with Crippen molar-refractivity contribution in [1.82, 2.24) is 9.78 Å². The molecule has 0 unspecified atom stereocenters. The molecule has 0 fully saturated rings. The number of nitrogens with zero attached hydrogens (tertiary/aromatic N) is 3. The van der Waals surface area contributed by atoms with Gasteiger partial charge in [-0.2, -0.15) is 10.2 Å². The van der Waals surface area contributed by atoms with Crippen LogP contribution in [0.3, 0.4) is 0 Å². The molecule has 0 saturated heterocycles. The van der Waals surface area contributed by atoms with Gasteiger partial charge in [0.15, 0.2) is 0 Å². The van der Waals surface area contributed by atoms with E-state index >= 15 is 0 Å². The first kappa shape index (κ1) is 17.6. The maximum Gasteiger partial charge on any atom is 0.337 e. The van der Waals surface area contributed by atoms with Crippen LogP contribution >= 0.6 is 11.6 Å². The van der Waals surface area contributed by atoms with E-state index in [0.29, 0.717) is 27.8 Å². The first-order valence-corrected chi connectivity index (χ1v) is 7.97. The minimum atomic E-state index is -1.05. The average molecular weight is 373 g/mol. The van der Waals surface area contributed by atoms with Crippen molar-refractivity contribution in [3.05, 3.63) is 76.3 Å². The molecule has 0 saturated carbocycles. The molecular formula is C18H14ClFN4O2. The Morgan fingerprint density at radius 3 is 2.65 bits per heavy atom. The van der Waals surface area contributed by atoms with Crippen LogP contribution in [0, 0.1) is 12.7 Å². The number of benzene rings is 2. The van der Waals surface area contributed by atoms with Gasteiger partial charge in [-0.25, -0.2) is 13.9 Å². The van der Waals surface area contributed by atoms with Crippen LogP contribution in [0.5, 0.6) is 0 Å². The molecule has 132 valence electrons. The fraction of sp³-hybridized carbons (Fsp3) is 0.0556. The van der Waals surface area contributed by atoms with Gasteiger partial charge in [-0.3, -0.25) is 5.43 Å². The molecule has 0 atom stereocenters. The fourth-order valence-corrected chi connectivity index (χ4v) is 2.67. The summed E-state index contributed by atoms with van der Waals surface area (Å²) in [5, 5.41) is 17.9. The number of rotatable bonds is 5. The number of halogens is 2. The summed E-state index contributed by atoms with van der Waals surface area (Å²) in [4.78, 5) is 11.2. The topological polar surface area (TPSA) is 79.5 Å². The molecule has 0 bridgehead atoms. The fourth-order valence-electron chi connectivity index (χ4n) is 2.34. The maximum absolute atomic E-state index is 13.1. The zero-order valence-corrected chi connectivity index (χ0v) is 14.4. The van der Waals surface area contributed by atoms with E-state index in [-0.39, 0.29) is 11.4 Å². The second-order valence-corrected chi connectivity index (χ2v) is 5.76. The lowest BCUT2D eigenvalue weighted by Gasteiger charge is -2.04. The quantitative estimate of drug-likeness (QED) is 0.521. The highest BCUT2D eigenvalue weighted by Crippen LogP contribution is 2.22. The van der Waals surface area contributed by atoms with E-state index in [1.165, 1.54) is 29.1 Å². The highest BCUT2D eigenvalue weighted by molar-refractivity contribution is 6.32. The van der Waals surface area contributed by atoms with Gasteiger partial charge >= 0.3 is 5.97 Å². The van der Waals surface area contributed by atoms with E-state index in [9.17, 15) is 9.18 Å². The van der Waals surface area contributed by atoms with Crippen LogP contribution < -0.4 is 5.43 Å². The number of nitrogens with one attached hydrogen (secondary N) is 1. The Morgan fingerprint density at radius 2 is 1.96 bits per heavy atom. The average Bonchev–Trinajstić information content (AvgIpc) is 2.91. The van der Waals surface area contributed by atoms with Crippen molar-refractivity contribution in [3.63, 3.8) is 0 Å². The standard InChI is InChI=1S/C18H14ClFN4O2/c1-11-15(10-21-22-16-5-3-2-4-14(16)18(25)26)17(19)24(23-11)13-8-6-12(20)7-9-13/h2-10,22H,1H3,(H,25,26)/b21-10+. The van der Waals surface area contributed by atoms with E-state index in [0.717, 1.165) is 0 Å². The van der Waals surface area contributed by atoms with Crippen LogP contribution in [-0.2, 0) is 0 Å². The first-order chi connectivity index (χ1) is 12.5. The zero-order chi connectivity index (χ0) is 18.7. The van der Waals surface area contributed by atoms with E-state index < -0.39 is 5.97 Å². The number of hydrogen-bond donors (Lipinski definition) is 2. The van der Waals surface area contributed by atoms with Crippen LogP contribution in [0.2, 0.25) is 5.15 Å². The molecule has 3 rings (SSSR count). The SMILES string of the molecule is Cc1nn(-c2ccc(F)cc2)c(Cl)c1/C=N/Nc1ccccc1C(=O)O. The van der Waals surface area contributed by atoms with Crippen molar-refractivity contribution in [2.75, 3.05) is 5.43 Å². The van der Waals surface area contributed by atoms with Crippen LogP contribution in [-0.4, -0.2) is 27.1 Å². The number of para-hydroxylation sites is 1. The van der Waals surface area contributed by atoms with Gasteiger partial charge in [0.05, 0.1) is 34.4 Å². The summed E-state index contributed by atoms with van der Waals surface area (Å²) >= 11 is 6.36. The number of hydrazone groups is 1. The van der Waals surface area contributed by atoms with Gasteiger partial charge in [-0.15, -0.1) is 0 Å². The Balaban J connectivity index is 1.86. The van der Waals surface area contributed by atoms with Gasteiger partial charge in [0.1, 0.15) is 11.0 Å². The summed E-state index contributed by atoms with van der Waals surface area (Å²) in [6.07, 6.45) is 1.46. The Morgan fingerprint density at radius 1 is 1.27 bits per heavy atom. The highest BCUT2D eigenvalue weighted by atomic mass is 35.5. The molecule has 0 spiro atoms. The molecule has 1 aromatic heterocycles. The number of aromatic carboxylic acids is 1. The molecule has 0 amide bonds. The van der Waals surface area contributed by atoms with Crippen molar-refractivity contribution in [2.45, 2.75) is 6.92 Å². The van der Waals surface area contributed by atoms with Crippen LogP contribution in [0.1, 0.15) is 21.6 Å². The number of aromatic nitrogens is 2. The molecule has 0 radical (unpaired) electrons. The van der Waals surface area contributed by atoms with Crippen molar-refractivity contribution < 1.29 is 14.3 Å². The second kappa shape index (κ2) is 7.37. The number of anilines is 1. The van der Waals surface area contributed by atoms with E-state index in [2.05, 4.69) is 15.6 Å². The normalized spacial score (nSPS) is 11.0. The smallest absolute Gasteiger partial charge is 0.337 e. The highest BCUT2D eigenvalue weighted by Gasteiger charge is 2.13. The molecule has 26 heavy (non-hydrogen) atoms. The van der Waals surface area contributed by atoms with E-state index in [1.807, 2.05) is 0 Å². The van der Waals surface area contributed by atoms with Crippen molar-refractivity contribution in [3.8, 4) is 5.69 Å². The van der Waals surface area contributed by atoms with Crippen LogP contribution in [0.4, 0.5) is 10.1 Å². The predicted molar refractivity (Wildman–Crippen MR) is 97.9 cm³/mol. The molecular weight excluding hydrogens is 359 g/mol. The summed E-state index contributed by atoms with van der Waals surface area (Å²) in [5.41, 5.74) is 4.96. The molecule has 3 aromatic rings. The molecule has 6 nitrogen and oxygen atoms in total.